The van der Waals surface area contributed by atoms with Crippen LogP contribution in [0.1, 0.15) is 13.3 Å². The van der Waals surface area contributed by atoms with E-state index in [2.05, 4.69) is 33.2 Å². The highest BCUT2D eigenvalue weighted by molar-refractivity contribution is 9.10. The minimum absolute atomic E-state index is 0.874. The van der Waals surface area contributed by atoms with Gasteiger partial charge in [0.1, 0.15) is 10.4 Å². The van der Waals surface area contributed by atoms with Crippen molar-refractivity contribution in [2.75, 3.05) is 11.9 Å². The standard InChI is InChI=1S/C8H11BrN2/c1-2-6-10-8-5-3-4-7(9)11-8/h3-5H,2,6H2,1H3,(H,10,11). The van der Waals surface area contributed by atoms with Crippen molar-refractivity contribution < 1.29 is 0 Å². The van der Waals surface area contributed by atoms with Crippen LogP contribution in [0, 0.1) is 0 Å². The first-order valence-electron chi connectivity index (χ1n) is 3.69. The van der Waals surface area contributed by atoms with E-state index in [1.807, 2.05) is 18.2 Å². The van der Waals surface area contributed by atoms with Gasteiger partial charge in [-0.3, -0.25) is 0 Å². The van der Waals surface area contributed by atoms with Gasteiger partial charge in [0.25, 0.3) is 0 Å². The molecule has 1 rings (SSSR count). The Kier molecular flexibility index (Phi) is 3.36. The lowest BCUT2D eigenvalue weighted by Crippen LogP contribution is -2.01. The summed E-state index contributed by atoms with van der Waals surface area (Å²) in [6, 6.07) is 5.84. The van der Waals surface area contributed by atoms with Crippen LogP contribution >= 0.6 is 15.9 Å². The molecule has 0 aliphatic heterocycles. The van der Waals surface area contributed by atoms with Crippen LogP contribution in [0.5, 0.6) is 0 Å². The predicted molar refractivity (Wildman–Crippen MR) is 50.7 cm³/mol. The highest BCUT2D eigenvalue weighted by Gasteiger charge is 1.91. The molecule has 0 aromatic carbocycles. The molecule has 1 aromatic rings. The van der Waals surface area contributed by atoms with Crippen LogP contribution in [0.2, 0.25) is 0 Å². The van der Waals surface area contributed by atoms with Crippen molar-refractivity contribution in [1.29, 1.82) is 0 Å². The molecule has 2 nitrogen and oxygen atoms in total. The van der Waals surface area contributed by atoms with E-state index < -0.39 is 0 Å². The fraction of sp³-hybridized carbons (Fsp3) is 0.375. The zero-order valence-corrected chi connectivity index (χ0v) is 8.06. The average molecular weight is 215 g/mol. The van der Waals surface area contributed by atoms with Gasteiger partial charge < -0.3 is 5.32 Å². The first-order chi connectivity index (χ1) is 5.33. The molecule has 0 amide bonds. The number of aromatic nitrogens is 1. The molecule has 0 radical (unpaired) electrons. The summed E-state index contributed by atoms with van der Waals surface area (Å²) in [5.74, 6) is 0.932. The third-order valence-corrected chi connectivity index (χ3v) is 1.71. The smallest absolute Gasteiger partial charge is 0.127 e. The molecular formula is C8H11BrN2. The minimum atomic E-state index is 0.874. The van der Waals surface area contributed by atoms with Gasteiger partial charge in [0.15, 0.2) is 0 Å². The van der Waals surface area contributed by atoms with Crippen LogP contribution < -0.4 is 5.32 Å². The molecule has 0 fully saturated rings. The van der Waals surface area contributed by atoms with Crippen molar-refractivity contribution in [2.24, 2.45) is 0 Å². The Balaban J connectivity index is 2.56. The monoisotopic (exact) mass is 214 g/mol. The van der Waals surface area contributed by atoms with Crippen molar-refractivity contribution in [3.63, 3.8) is 0 Å². The Bertz CT molecular complexity index is 225. The Morgan fingerprint density at radius 3 is 3.00 bits per heavy atom. The molecule has 1 heterocycles. The number of nitrogens with one attached hydrogen (secondary N) is 1. The molecule has 0 bridgehead atoms. The van der Waals surface area contributed by atoms with Crippen molar-refractivity contribution in [2.45, 2.75) is 13.3 Å². The molecule has 0 aliphatic rings. The van der Waals surface area contributed by atoms with Crippen LogP contribution in [0.15, 0.2) is 22.8 Å². The van der Waals surface area contributed by atoms with E-state index in [0.717, 1.165) is 23.4 Å². The molecular weight excluding hydrogens is 204 g/mol. The summed E-state index contributed by atoms with van der Waals surface area (Å²) < 4.78 is 0.874. The highest BCUT2D eigenvalue weighted by Crippen LogP contribution is 2.09. The van der Waals surface area contributed by atoms with Crippen molar-refractivity contribution in [1.82, 2.24) is 4.98 Å². The average Bonchev–Trinajstić information content (AvgIpc) is 2.01. The van der Waals surface area contributed by atoms with E-state index >= 15 is 0 Å². The van der Waals surface area contributed by atoms with Gasteiger partial charge >= 0.3 is 0 Å². The zero-order chi connectivity index (χ0) is 8.10. The zero-order valence-electron chi connectivity index (χ0n) is 6.47. The van der Waals surface area contributed by atoms with E-state index in [1.165, 1.54) is 0 Å². The number of pyridine rings is 1. The van der Waals surface area contributed by atoms with Crippen LogP contribution in [0.4, 0.5) is 5.82 Å². The summed E-state index contributed by atoms with van der Waals surface area (Å²) in [6.07, 6.45) is 1.12. The lowest BCUT2D eigenvalue weighted by Gasteiger charge is -2.02. The SMILES string of the molecule is CCCNc1cccc(Br)n1. The summed E-state index contributed by atoms with van der Waals surface area (Å²) in [4.78, 5) is 4.22. The molecule has 0 saturated heterocycles. The summed E-state index contributed by atoms with van der Waals surface area (Å²) in [5.41, 5.74) is 0. The molecule has 1 N–H and O–H groups in total. The molecule has 3 heteroatoms. The maximum absolute atomic E-state index is 4.22. The Hall–Kier alpha value is -0.570. The normalized spacial score (nSPS) is 9.64. The maximum atomic E-state index is 4.22. The summed E-state index contributed by atoms with van der Waals surface area (Å²) in [7, 11) is 0. The van der Waals surface area contributed by atoms with Crippen molar-refractivity contribution in [3.8, 4) is 0 Å². The summed E-state index contributed by atoms with van der Waals surface area (Å²) in [6.45, 7) is 3.11. The second-order valence-electron chi connectivity index (χ2n) is 2.27. The fourth-order valence-corrected chi connectivity index (χ4v) is 1.10. The Labute approximate surface area is 75.2 Å². The Morgan fingerprint density at radius 2 is 2.36 bits per heavy atom. The highest BCUT2D eigenvalue weighted by atomic mass is 79.9. The van der Waals surface area contributed by atoms with E-state index in [-0.39, 0.29) is 0 Å². The number of anilines is 1. The van der Waals surface area contributed by atoms with Gasteiger partial charge in [-0.05, 0) is 34.5 Å². The summed E-state index contributed by atoms with van der Waals surface area (Å²) in [5, 5.41) is 3.19. The number of hydrogen-bond acceptors (Lipinski definition) is 2. The maximum Gasteiger partial charge on any atom is 0.127 e. The van der Waals surface area contributed by atoms with Crippen molar-refractivity contribution >= 4 is 21.7 Å². The number of rotatable bonds is 3. The van der Waals surface area contributed by atoms with E-state index in [9.17, 15) is 0 Å². The van der Waals surface area contributed by atoms with Gasteiger partial charge in [-0.2, -0.15) is 0 Å². The van der Waals surface area contributed by atoms with Gasteiger partial charge in [-0.25, -0.2) is 4.98 Å². The van der Waals surface area contributed by atoms with Gasteiger partial charge in [-0.1, -0.05) is 13.0 Å². The van der Waals surface area contributed by atoms with E-state index in [0.29, 0.717) is 0 Å². The van der Waals surface area contributed by atoms with E-state index in [4.69, 9.17) is 0 Å². The van der Waals surface area contributed by atoms with Gasteiger partial charge in [-0.15, -0.1) is 0 Å². The van der Waals surface area contributed by atoms with Gasteiger partial charge in [0.05, 0.1) is 0 Å². The number of hydrogen-bond donors (Lipinski definition) is 1. The second kappa shape index (κ2) is 4.34. The minimum Gasteiger partial charge on any atom is -0.370 e. The third kappa shape index (κ3) is 2.89. The van der Waals surface area contributed by atoms with Crippen LogP contribution in [0.25, 0.3) is 0 Å². The molecule has 60 valence electrons. The lowest BCUT2D eigenvalue weighted by atomic mass is 10.4. The topological polar surface area (TPSA) is 24.9 Å². The number of nitrogens with zero attached hydrogens (tertiary/aromatic N) is 1. The van der Waals surface area contributed by atoms with Crippen LogP contribution in [0.3, 0.4) is 0 Å². The number of halogens is 1. The molecule has 0 aliphatic carbocycles. The quantitative estimate of drug-likeness (QED) is 0.784. The summed E-state index contributed by atoms with van der Waals surface area (Å²) >= 11 is 3.30. The molecule has 0 unspecified atom stereocenters. The van der Waals surface area contributed by atoms with E-state index in [1.54, 1.807) is 0 Å². The van der Waals surface area contributed by atoms with Gasteiger partial charge in [0, 0.05) is 6.54 Å². The molecule has 11 heavy (non-hydrogen) atoms. The molecule has 1 aromatic heterocycles. The third-order valence-electron chi connectivity index (χ3n) is 1.27. The van der Waals surface area contributed by atoms with Crippen molar-refractivity contribution in [3.05, 3.63) is 22.8 Å². The van der Waals surface area contributed by atoms with Crippen LogP contribution in [-0.2, 0) is 0 Å². The molecule has 0 saturated carbocycles. The fourth-order valence-electron chi connectivity index (χ4n) is 0.760. The first-order valence-corrected chi connectivity index (χ1v) is 4.48. The second-order valence-corrected chi connectivity index (χ2v) is 3.08. The first kappa shape index (κ1) is 8.53. The van der Waals surface area contributed by atoms with Gasteiger partial charge in [0.2, 0.25) is 0 Å². The molecule has 0 spiro atoms. The lowest BCUT2D eigenvalue weighted by molar-refractivity contribution is 0.968. The Morgan fingerprint density at radius 1 is 1.55 bits per heavy atom. The largest absolute Gasteiger partial charge is 0.370 e. The predicted octanol–water partition coefficient (Wildman–Crippen LogP) is 2.67. The van der Waals surface area contributed by atoms with Crippen LogP contribution in [-0.4, -0.2) is 11.5 Å². The molecule has 0 atom stereocenters.